The van der Waals surface area contributed by atoms with Crippen molar-refractivity contribution in [1.82, 2.24) is 8.87 Å². The van der Waals surface area contributed by atoms with E-state index in [1.807, 2.05) is 13.8 Å². The highest BCUT2D eigenvalue weighted by molar-refractivity contribution is 7.89. The number of hydrogen-bond acceptors (Lipinski definition) is 8. The van der Waals surface area contributed by atoms with Crippen LogP contribution in [0.2, 0.25) is 0 Å². The quantitative estimate of drug-likeness (QED) is 0.454. The molecule has 0 aliphatic carbocycles. The fourth-order valence-corrected chi connectivity index (χ4v) is 7.41. The Kier molecular flexibility index (Phi) is 7.99. The van der Waals surface area contributed by atoms with Crippen LogP contribution in [-0.4, -0.2) is 70.6 Å². The summed E-state index contributed by atoms with van der Waals surface area (Å²) >= 11 is 1.14. The standard InChI is InChI=1S/C23H28N4O7S3/c1-15-13-26(14-16(2)34-15)37(31,32)18-6-4-17(5-7-18)22(28)25-23-27(10-11-33-3)20-9-8-19(36(24,29)30)12-21(20)35-23/h4-9,12,15-16H,10-11,13-14H2,1-3H3,(H2,24,29,30). The monoisotopic (exact) mass is 568 g/mol. The number of ether oxygens (including phenoxy) is 2. The first-order valence-corrected chi connectivity index (χ1v) is 15.2. The number of primary sulfonamides is 1. The number of benzene rings is 2. The summed E-state index contributed by atoms with van der Waals surface area (Å²) in [6.45, 7) is 4.88. The average Bonchev–Trinajstić information content (AvgIpc) is 3.17. The highest BCUT2D eigenvalue weighted by atomic mass is 32.2. The van der Waals surface area contributed by atoms with E-state index in [2.05, 4.69) is 4.99 Å². The van der Waals surface area contributed by atoms with Gasteiger partial charge in [-0.25, -0.2) is 22.0 Å². The molecule has 2 atom stereocenters. The number of carbonyl (C=O) groups excluding carboxylic acids is 1. The minimum Gasteiger partial charge on any atom is -0.383 e. The summed E-state index contributed by atoms with van der Waals surface area (Å²) in [5.41, 5.74) is 0.889. The van der Waals surface area contributed by atoms with Gasteiger partial charge in [0.15, 0.2) is 4.80 Å². The van der Waals surface area contributed by atoms with Gasteiger partial charge in [-0.1, -0.05) is 11.3 Å². The van der Waals surface area contributed by atoms with Gasteiger partial charge in [0.05, 0.1) is 38.8 Å². The molecule has 14 heteroatoms. The van der Waals surface area contributed by atoms with Crippen LogP contribution in [0.4, 0.5) is 0 Å². The Morgan fingerprint density at radius 2 is 1.70 bits per heavy atom. The van der Waals surface area contributed by atoms with Gasteiger partial charge >= 0.3 is 0 Å². The van der Waals surface area contributed by atoms with E-state index < -0.39 is 26.0 Å². The van der Waals surface area contributed by atoms with Gasteiger partial charge in [-0.2, -0.15) is 9.30 Å². The molecule has 1 amide bonds. The normalized spacial score (nSPS) is 19.9. The summed E-state index contributed by atoms with van der Waals surface area (Å²) in [4.78, 5) is 17.6. The Bertz CT molecular complexity index is 1580. The highest BCUT2D eigenvalue weighted by Crippen LogP contribution is 2.23. The van der Waals surface area contributed by atoms with Gasteiger partial charge < -0.3 is 14.0 Å². The Morgan fingerprint density at radius 3 is 2.30 bits per heavy atom. The van der Waals surface area contributed by atoms with Gasteiger partial charge in [0.25, 0.3) is 5.91 Å². The van der Waals surface area contributed by atoms with Gasteiger partial charge in [-0.15, -0.1) is 0 Å². The largest absolute Gasteiger partial charge is 0.383 e. The molecule has 2 unspecified atom stereocenters. The van der Waals surface area contributed by atoms with E-state index in [1.54, 1.807) is 17.7 Å². The van der Waals surface area contributed by atoms with Crippen molar-refractivity contribution in [2.75, 3.05) is 26.8 Å². The summed E-state index contributed by atoms with van der Waals surface area (Å²) in [5, 5.41) is 5.25. The van der Waals surface area contributed by atoms with Gasteiger partial charge in [-0.05, 0) is 56.3 Å². The van der Waals surface area contributed by atoms with Crippen molar-refractivity contribution < 1.29 is 31.1 Å². The number of methoxy groups -OCH3 is 1. The van der Waals surface area contributed by atoms with Crippen LogP contribution in [0.25, 0.3) is 10.2 Å². The second-order valence-corrected chi connectivity index (χ2v) is 13.2. The van der Waals surface area contributed by atoms with Crippen molar-refractivity contribution in [3.63, 3.8) is 0 Å². The molecule has 1 aromatic heterocycles. The van der Waals surface area contributed by atoms with Crippen LogP contribution in [0.15, 0.2) is 57.2 Å². The molecule has 11 nitrogen and oxygen atoms in total. The number of amides is 1. The van der Waals surface area contributed by atoms with Crippen molar-refractivity contribution in [2.24, 2.45) is 10.1 Å². The topological polar surface area (TPSA) is 150 Å². The van der Waals surface area contributed by atoms with E-state index in [-0.39, 0.29) is 40.7 Å². The van der Waals surface area contributed by atoms with E-state index in [0.717, 1.165) is 11.3 Å². The third-order valence-electron chi connectivity index (χ3n) is 5.82. The van der Waals surface area contributed by atoms with E-state index >= 15 is 0 Å². The first-order valence-electron chi connectivity index (χ1n) is 11.4. The average molecular weight is 569 g/mol. The lowest BCUT2D eigenvalue weighted by Gasteiger charge is -2.34. The zero-order valence-electron chi connectivity index (χ0n) is 20.5. The molecule has 0 saturated carbocycles. The third-order valence-corrected chi connectivity index (χ3v) is 9.62. The minimum atomic E-state index is -3.90. The van der Waals surface area contributed by atoms with Gasteiger partial charge in [0, 0.05) is 32.3 Å². The Labute approximate surface area is 219 Å². The molecule has 2 N–H and O–H groups in total. The highest BCUT2D eigenvalue weighted by Gasteiger charge is 2.32. The van der Waals surface area contributed by atoms with Crippen LogP contribution in [-0.2, 0) is 36.1 Å². The maximum Gasteiger partial charge on any atom is 0.279 e. The van der Waals surface area contributed by atoms with Crippen LogP contribution in [0, 0.1) is 0 Å². The lowest BCUT2D eigenvalue weighted by Crippen LogP contribution is -2.48. The molecule has 2 aromatic carbocycles. The Hall–Kier alpha value is -2.46. The molecule has 1 saturated heterocycles. The fraction of sp³-hybridized carbons (Fsp3) is 0.391. The maximum absolute atomic E-state index is 13.1. The maximum atomic E-state index is 13.1. The summed E-state index contributed by atoms with van der Waals surface area (Å²) < 4.78 is 64.2. The molecule has 3 aromatic rings. The fourth-order valence-electron chi connectivity index (χ4n) is 4.11. The first-order chi connectivity index (χ1) is 17.4. The van der Waals surface area contributed by atoms with Crippen LogP contribution in [0.1, 0.15) is 24.2 Å². The van der Waals surface area contributed by atoms with E-state index in [9.17, 15) is 21.6 Å². The zero-order chi connectivity index (χ0) is 27.0. The molecule has 0 bridgehead atoms. The number of fused-ring (bicyclic) bond motifs is 1. The number of nitrogens with zero attached hydrogens (tertiary/aromatic N) is 3. The smallest absolute Gasteiger partial charge is 0.279 e. The van der Waals surface area contributed by atoms with Crippen molar-refractivity contribution in [3.8, 4) is 0 Å². The van der Waals surface area contributed by atoms with Gasteiger partial charge in [0.2, 0.25) is 20.0 Å². The van der Waals surface area contributed by atoms with Gasteiger partial charge in [0.1, 0.15) is 0 Å². The molecule has 2 heterocycles. The predicted octanol–water partition coefficient (Wildman–Crippen LogP) is 1.54. The number of hydrogen-bond donors (Lipinski definition) is 1. The molecular formula is C23H28N4O7S3. The van der Waals surface area contributed by atoms with Crippen LogP contribution < -0.4 is 9.94 Å². The zero-order valence-corrected chi connectivity index (χ0v) is 23.0. The molecule has 0 radical (unpaired) electrons. The molecule has 1 aliphatic rings. The SMILES string of the molecule is COCCn1c(=NC(=O)c2ccc(S(=O)(=O)N3CC(C)OC(C)C3)cc2)sc2cc(S(N)(=O)=O)ccc21. The van der Waals surface area contributed by atoms with Crippen LogP contribution >= 0.6 is 11.3 Å². The number of sulfonamides is 2. The number of rotatable bonds is 7. The van der Waals surface area contributed by atoms with Crippen molar-refractivity contribution in [3.05, 3.63) is 52.8 Å². The molecular weight excluding hydrogens is 540 g/mol. The van der Waals surface area contributed by atoms with Crippen molar-refractivity contribution >= 4 is 47.5 Å². The van der Waals surface area contributed by atoms with Crippen molar-refractivity contribution in [2.45, 2.75) is 42.4 Å². The number of nitrogens with two attached hydrogens (primary N) is 1. The number of thiazole rings is 1. The number of carbonyl (C=O) groups is 1. The summed E-state index contributed by atoms with van der Waals surface area (Å²) in [7, 11) is -6.09. The molecule has 1 aliphatic heterocycles. The molecule has 1 fully saturated rings. The second-order valence-electron chi connectivity index (χ2n) is 8.72. The Balaban J connectivity index is 1.66. The predicted molar refractivity (Wildman–Crippen MR) is 138 cm³/mol. The Morgan fingerprint density at radius 1 is 1.08 bits per heavy atom. The summed E-state index contributed by atoms with van der Waals surface area (Å²) in [5.74, 6) is -0.568. The summed E-state index contributed by atoms with van der Waals surface area (Å²) in [6, 6.07) is 10.1. The van der Waals surface area contributed by atoms with E-state index in [0.29, 0.717) is 28.2 Å². The third kappa shape index (κ3) is 6.00. The second kappa shape index (κ2) is 10.7. The number of aromatic nitrogens is 1. The lowest BCUT2D eigenvalue weighted by molar-refractivity contribution is -0.0440. The van der Waals surface area contributed by atoms with Crippen LogP contribution in [0.5, 0.6) is 0 Å². The van der Waals surface area contributed by atoms with Crippen LogP contribution in [0.3, 0.4) is 0 Å². The minimum absolute atomic E-state index is 0.0427. The van der Waals surface area contributed by atoms with Crippen molar-refractivity contribution in [1.29, 1.82) is 0 Å². The molecule has 0 spiro atoms. The van der Waals surface area contributed by atoms with E-state index in [4.69, 9.17) is 14.6 Å². The molecule has 200 valence electrons. The van der Waals surface area contributed by atoms with Gasteiger partial charge in [-0.3, -0.25) is 4.79 Å². The molecule has 4 rings (SSSR count). The first kappa shape index (κ1) is 27.6. The lowest BCUT2D eigenvalue weighted by atomic mass is 10.2. The molecule has 37 heavy (non-hydrogen) atoms. The number of morpholine rings is 1. The van der Waals surface area contributed by atoms with E-state index in [1.165, 1.54) is 40.7 Å². The summed E-state index contributed by atoms with van der Waals surface area (Å²) in [6.07, 6.45) is -0.435.